The average molecular weight is 316 g/mol. The Morgan fingerprint density at radius 3 is 2.55 bits per heavy atom. The standard InChI is InChI=1S/C18H24N2OS/c1-13-6-8-16(11-14(13)2)12-20-18(21)19-10-4-5-17-9-7-15(3)22-17/h6-9,11H,4-5,10,12H2,1-3H3,(H2,19,20,21). The molecule has 0 aliphatic carbocycles. The van der Waals surface area contributed by atoms with Gasteiger partial charge < -0.3 is 10.6 Å². The number of thiophene rings is 1. The molecule has 1 heterocycles. The van der Waals surface area contributed by atoms with E-state index in [1.54, 1.807) is 0 Å². The minimum absolute atomic E-state index is 0.0967. The average Bonchev–Trinajstić information content (AvgIpc) is 2.90. The fourth-order valence-electron chi connectivity index (χ4n) is 2.24. The van der Waals surface area contributed by atoms with Gasteiger partial charge >= 0.3 is 6.03 Å². The lowest BCUT2D eigenvalue weighted by Crippen LogP contribution is -2.35. The van der Waals surface area contributed by atoms with Crippen LogP contribution in [0, 0.1) is 20.8 Å². The molecule has 0 spiro atoms. The van der Waals surface area contributed by atoms with Gasteiger partial charge in [0.25, 0.3) is 0 Å². The molecule has 0 radical (unpaired) electrons. The number of carbonyl (C=O) groups excluding carboxylic acids is 1. The van der Waals surface area contributed by atoms with Crippen molar-refractivity contribution in [1.82, 2.24) is 10.6 Å². The number of amides is 2. The van der Waals surface area contributed by atoms with Crippen LogP contribution in [0.25, 0.3) is 0 Å². The third kappa shape index (κ3) is 5.19. The van der Waals surface area contributed by atoms with Crippen LogP contribution < -0.4 is 10.6 Å². The molecule has 0 saturated heterocycles. The summed E-state index contributed by atoms with van der Waals surface area (Å²) in [6.07, 6.45) is 1.99. The molecule has 2 amide bonds. The van der Waals surface area contributed by atoms with Crippen LogP contribution in [0.5, 0.6) is 0 Å². The third-order valence-electron chi connectivity index (χ3n) is 3.71. The first-order chi connectivity index (χ1) is 10.5. The van der Waals surface area contributed by atoms with E-state index < -0.39 is 0 Å². The molecule has 0 fully saturated rings. The van der Waals surface area contributed by atoms with Crippen molar-refractivity contribution in [3.63, 3.8) is 0 Å². The van der Waals surface area contributed by atoms with Crippen molar-refractivity contribution in [1.29, 1.82) is 0 Å². The normalized spacial score (nSPS) is 10.5. The van der Waals surface area contributed by atoms with Crippen LogP contribution >= 0.6 is 11.3 Å². The quantitative estimate of drug-likeness (QED) is 0.774. The van der Waals surface area contributed by atoms with Gasteiger partial charge in [0, 0.05) is 22.8 Å². The van der Waals surface area contributed by atoms with E-state index in [1.165, 1.54) is 20.9 Å². The van der Waals surface area contributed by atoms with Gasteiger partial charge in [-0.15, -0.1) is 11.3 Å². The van der Waals surface area contributed by atoms with Crippen molar-refractivity contribution in [3.05, 3.63) is 56.8 Å². The first-order valence-electron chi connectivity index (χ1n) is 7.68. The molecule has 118 valence electrons. The molecule has 0 atom stereocenters. The van der Waals surface area contributed by atoms with E-state index in [1.807, 2.05) is 11.3 Å². The summed E-state index contributed by atoms with van der Waals surface area (Å²) in [5.41, 5.74) is 3.66. The Balaban J connectivity index is 1.64. The Kier molecular flexibility index (Phi) is 6.01. The Morgan fingerprint density at radius 1 is 1.05 bits per heavy atom. The minimum atomic E-state index is -0.0967. The molecular formula is C18H24N2OS. The van der Waals surface area contributed by atoms with Crippen LogP contribution in [-0.2, 0) is 13.0 Å². The van der Waals surface area contributed by atoms with Gasteiger partial charge in [-0.05, 0) is 62.4 Å². The lowest BCUT2D eigenvalue weighted by molar-refractivity contribution is 0.240. The van der Waals surface area contributed by atoms with E-state index in [2.05, 4.69) is 61.7 Å². The maximum atomic E-state index is 11.8. The van der Waals surface area contributed by atoms with Gasteiger partial charge in [-0.25, -0.2) is 4.79 Å². The highest BCUT2D eigenvalue weighted by atomic mass is 32.1. The van der Waals surface area contributed by atoms with Gasteiger partial charge in [0.15, 0.2) is 0 Å². The second-order valence-corrected chi connectivity index (χ2v) is 7.02. The summed E-state index contributed by atoms with van der Waals surface area (Å²) in [7, 11) is 0. The highest BCUT2D eigenvalue weighted by Crippen LogP contribution is 2.16. The summed E-state index contributed by atoms with van der Waals surface area (Å²) in [6, 6.07) is 10.5. The predicted molar refractivity (Wildman–Crippen MR) is 93.5 cm³/mol. The number of nitrogens with one attached hydrogen (secondary N) is 2. The second-order valence-electron chi connectivity index (χ2n) is 5.64. The van der Waals surface area contributed by atoms with E-state index in [4.69, 9.17) is 0 Å². The van der Waals surface area contributed by atoms with Crippen LogP contribution in [0.15, 0.2) is 30.3 Å². The van der Waals surface area contributed by atoms with Crippen LogP contribution in [0.3, 0.4) is 0 Å². The van der Waals surface area contributed by atoms with Crippen molar-refractivity contribution >= 4 is 17.4 Å². The fourth-order valence-corrected chi connectivity index (χ4v) is 3.17. The van der Waals surface area contributed by atoms with E-state index in [9.17, 15) is 4.79 Å². The van der Waals surface area contributed by atoms with Crippen molar-refractivity contribution in [2.24, 2.45) is 0 Å². The van der Waals surface area contributed by atoms with Crippen molar-refractivity contribution < 1.29 is 4.79 Å². The minimum Gasteiger partial charge on any atom is -0.338 e. The van der Waals surface area contributed by atoms with Crippen molar-refractivity contribution in [3.8, 4) is 0 Å². The smallest absolute Gasteiger partial charge is 0.315 e. The van der Waals surface area contributed by atoms with E-state index in [-0.39, 0.29) is 6.03 Å². The molecule has 4 heteroatoms. The molecule has 1 aromatic heterocycles. The van der Waals surface area contributed by atoms with Gasteiger partial charge in [-0.1, -0.05) is 18.2 Å². The number of hydrogen-bond donors (Lipinski definition) is 2. The van der Waals surface area contributed by atoms with Crippen molar-refractivity contribution in [2.45, 2.75) is 40.2 Å². The number of rotatable bonds is 6. The fraction of sp³-hybridized carbons (Fsp3) is 0.389. The van der Waals surface area contributed by atoms with Gasteiger partial charge in [-0.3, -0.25) is 0 Å². The van der Waals surface area contributed by atoms with E-state index in [0.29, 0.717) is 13.1 Å². The van der Waals surface area contributed by atoms with Gasteiger partial charge in [0.1, 0.15) is 0 Å². The number of aryl methyl sites for hydroxylation is 4. The summed E-state index contributed by atoms with van der Waals surface area (Å²) >= 11 is 1.83. The molecular weight excluding hydrogens is 292 g/mol. The summed E-state index contributed by atoms with van der Waals surface area (Å²) in [5, 5.41) is 5.81. The third-order valence-corrected chi connectivity index (χ3v) is 4.77. The highest BCUT2D eigenvalue weighted by Gasteiger charge is 2.02. The number of carbonyl (C=O) groups is 1. The molecule has 0 unspecified atom stereocenters. The Hall–Kier alpha value is -1.81. The van der Waals surface area contributed by atoms with Crippen LogP contribution in [0.2, 0.25) is 0 Å². The zero-order valence-corrected chi connectivity index (χ0v) is 14.3. The largest absolute Gasteiger partial charge is 0.338 e. The van der Waals surface area contributed by atoms with E-state index in [0.717, 1.165) is 18.4 Å². The Morgan fingerprint density at radius 2 is 1.86 bits per heavy atom. The van der Waals surface area contributed by atoms with Gasteiger partial charge in [-0.2, -0.15) is 0 Å². The van der Waals surface area contributed by atoms with Crippen LogP contribution in [-0.4, -0.2) is 12.6 Å². The van der Waals surface area contributed by atoms with Crippen molar-refractivity contribution in [2.75, 3.05) is 6.54 Å². The maximum absolute atomic E-state index is 11.8. The summed E-state index contributed by atoms with van der Waals surface area (Å²) < 4.78 is 0. The lowest BCUT2D eigenvalue weighted by Gasteiger charge is -2.09. The predicted octanol–water partition coefficient (Wildman–Crippen LogP) is 4.11. The lowest BCUT2D eigenvalue weighted by atomic mass is 10.1. The highest BCUT2D eigenvalue weighted by molar-refractivity contribution is 7.11. The summed E-state index contributed by atoms with van der Waals surface area (Å²) in [6.45, 7) is 7.57. The monoisotopic (exact) mass is 316 g/mol. The van der Waals surface area contributed by atoms with Gasteiger partial charge in [0.2, 0.25) is 0 Å². The van der Waals surface area contributed by atoms with Gasteiger partial charge in [0.05, 0.1) is 0 Å². The Labute approximate surface area is 136 Å². The molecule has 1 aromatic carbocycles. The molecule has 0 bridgehead atoms. The molecule has 2 aromatic rings. The molecule has 3 nitrogen and oxygen atoms in total. The molecule has 0 saturated carbocycles. The zero-order chi connectivity index (χ0) is 15.9. The zero-order valence-electron chi connectivity index (χ0n) is 13.5. The Bertz CT molecular complexity index is 634. The first kappa shape index (κ1) is 16.6. The maximum Gasteiger partial charge on any atom is 0.315 e. The first-order valence-corrected chi connectivity index (χ1v) is 8.49. The number of hydrogen-bond acceptors (Lipinski definition) is 2. The van der Waals surface area contributed by atoms with E-state index >= 15 is 0 Å². The number of urea groups is 1. The molecule has 2 N–H and O–H groups in total. The summed E-state index contributed by atoms with van der Waals surface area (Å²) in [4.78, 5) is 14.5. The van der Waals surface area contributed by atoms with Crippen LogP contribution in [0.4, 0.5) is 4.79 Å². The second kappa shape index (κ2) is 7.99. The topological polar surface area (TPSA) is 41.1 Å². The number of benzene rings is 1. The molecule has 22 heavy (non-hydrogen) atoms. The van der Waals surface area contributed by atoms with Crippen LogP contribution in [0.1, 0.15) is 32.9 Å². The molecule has 0 aliphatic heterocycles. The molecule has 2 rings (SSSR count). The summed E-state index contributed by atoms with van der Waals surface area (Å²) in [5.74, 6) is 0. The molecule has 0 aliphatic rings. The SMILES string of the molecule is Cc1ccc(CCCNC(=O)NCc2ccc(C)c(C)c2)s1.